The fourth-order valence-electron chi connectivity index (χ4n) is 4.65. The Morgan fingerprint density at radius 2 is 1.57 bits per heavy atom. The molecule has 2 amide bonds. The summed E-state index contributed by atoms with van der Waals surface area (Å²) in [7, 11) is -3.51. The van der Waals surface area contributed by atoms with E-state index in [9.17, 15) is 18.0 Å². The maximum absolute atomic E-state index is 12.8. The number of amides is 2. The first-order valence-electron chi connectivity index (χ1n) is 12.4. The minimum atomic E-state index is -3.51. The molecular formula is C28H29N3O4S2. The highest BCUT2D eigenvalue weighted by atomic mass is 32.2. The van der Waals surface area contributed by atoms with E-state index in [1.807, 2.05) is 47.4 Å². The molecule has 2 fully saturated rings. The lowest BCUT2D eigenvalue weighted by Crippen LogP contribution is -2.35. The lowest BCUT2D eigenvalue weighted by Gasteiger charge is -2.25. The molecule has 7 nitrogen and oxygen atoms in total. The van der Waals surface area contributed by atoms with Gasteiger partial charge >= 0.3 is 0 Å². The van der Waals surface area contributed by atoms with Crippen LogP contribution in [0.3, 0.4) is 0 Å². The molecule has 0 bridgehead atoms. The standard InChI is InChI=1S/C28H29N3O4S2/c32-26-20-36-28(31(26)19-21-7-3-1-4-8-21)23-11-9-22(10-12-23)27(33)29-24-13-15-25(16-14-24)37(34,35)30-17-5-2-6-18-30/h1,3-4,7-16,28H,2,5-6,17-20H2,(H,29,33)/t28-/m1/s1. The van der Waals surface area contributed by atoms with Crippen molar-refractivity contribution in [2.24, 2.45) is 0 Å². The number of piperidine rings is 1. The van der Waals surface area contributed by atoms with Crippen LogP contribution in [0.2, 0.25) is 0 Å². The van der Waals surface area contributed by atoms with Crippen LogP contribution in [0.1, 0.15) is 46.1 Å². The molecule has 0 spiro atoms. The SMILES string of the molecule is O=C(Nc1ccc(S(=O)(=O)N2CCCCC2)cc1)c1ccc([C@H]2SCC(=O)N2Cc2ccccc2)cc1. The second-order valence-electron chi connectivity index (χ2n) is 9.24. The van der Waals surface area contributed by atoms with E-state index in [2.05, 4.69) is 5.32 Å². The van der Waals surface area contributed by atoms with Crippen molar-refractivity contribution >= 4 is 39.3 Å². The molecule has 0 saturated carbocycles. The van der Waals surface area contributed by atoms with E-state index in [0.717, 1.165) is 30.4 Å². The van der Waals surface area contributed by atoms with E-state index in [0.29, 0.717) is 36.6 Å². The molecule has 0 aliphatic carbocycles. The van der Waals surface area contributed by atoms with Crippen LogP contribution in [0, 0.1) is 0 Å². The lowest BCUT2D eigenvalue weighted by molar-refractivity contribution is -0.128. The summed E-state index contributed by atoms with van der Waals surface area (Å²) in [4.78, 5) is 27.4. The smallest absolute Gasteiger partial charge is 0.255 e. The average Bonchev–Trinajstić information content (AvgIpc) is 3.29. The predicted octanol–water partition coefficient (Wildman–Crippen LogP) is 4.89. The second kappa shape index (κ2) is 11.1. The number of benzene rings is 3. The van der Waals surface area contributed by atoms with E-state index in [1.54, 1.807) is 36.0 Å². The van der Waals surface area contributed by atoms with Gasteiger partial charge in [0.05, 0.1) is 10.6 Å². The average molecular weight is 536 g/mol. The minimum Gasteiger partial charge on any atom is -0.322 e. The van der Waals surface area contributed by atoms with E-state index < -0.39 is 10.0 Å². The zero-order valence-electron chi connectivity index (χ0n) is 20.4. The highest BCUT2D eigenvalue weighted by Gasteiger charge is 2.33. The van der Waals surface area contributed by atoms with Gasteiger partial charge in [-0.25, -0.2) is 8.42 Å². The van der Waals surface area contributed by atoms with E-state index in [4.69, 9.17) is 0 Å². The Hall–Kier alpha value is -3.14. The number of thioether (sulfide) groups is 1. The van der Waals surface area contributed by atoms with Crippen molar-refractivity contribution in [1.82, 2.24) is 9.21 Å². The molecule has 0 radical (unpaired) electrons. The van der Waals surface area contributed by atoms with Crippen LogP contribution in [-0.2, 0) is 21.4 Å². The number of nitrogens with one attached hydrogen (secondary N) is 1. The van der Waals surface area contributed by atoms with Crippen LogP contribution < -0.4 is 5.32 Å². The van der Waals surface area contributed by atoms with Crippen molar-refractivity contribution in [1.29, 1.82) is 0 Å². The molecular weight excluding hydrogens is 506 g/mol. The van der Waals surface area contributed by atoms with Gasteiger partial charge in [-0.1, -0.05) is 48.9 Å². The maximum atomic E-state index is 12.8. The maximum Gasteiger partial charge on any atom is 0.255 e. The Morgan fingerprint density at radius 3 is 2.24 bits per heavy atom. The number of carbonyl (C=O) groups excluding carboxylic acids is 2. The molecule has 1 atom stereocenters. The number of anilines is 1. The third-order valence-electron chi connectivity index (χ3n) is 6.69. The molecule has 3 aromatic rings. The summed E-state index contributed by atoms with van der Waals surface area (Å²) in [6, 6.07) is 23.5. The molecule has 5 rings (SSSR count). The molecule has 0 aromatic heterocycles. The largest absolute Gasteiger partial charge is 0.322 e. The van der Waals surface area contributed by atoms with Gasteiger partial charge in [-0.15, -0.1) is 11.8 Å². The van der Waals surface area contributed by atoms with Gasteiger partial charge in [0, 0.05) is 30.9 Å². The highest BCUT2D eigenvalue weighted by molar-refractivity contribution is 8.00. The summed E-state index contributed by atoms with van der Waals surface area (Å²) in [5, 5.41) is 2.74. The summed E-state index contributed by atoms with van der Waals surface area (Å²) in [6.07, 6.45) is 2.82. The van der Waals surface area contributed by atoms with Gasteiger partial charge in [0.2, 0.25) is 15.9 Å². The third kappa shape index (κ3) is 5.74. The van der Waals surface area contributed by atoms with Gasteiger partial charge in [-0.3, -0.25) is 9.59 Å². The topological polar surface area (TPSA) is 86.8 Å². The van der Waals surface area contributed by atoms with Gasteiger partial charge < -0.3 is 10.2 Å². The van der Waals surface area contributed by atoms with Crippen LogP contribution in [0.5, 0.6) is 0 Å². The summed E-state index contributed by atoms with van der Waals surface area (Å²) >= 11 is 1.58. The van der Waals surface area contributed by atoms with E-state index in [-0.39, 0.29) is 22.1 Å². The fourth-order valence-corrected chi connectivity index (χ4v) is 7.35. The van der Waals surface area contributed by atoms with Gasteiger partial charge in [-0.05, 0) is 60.4 Å². The zero-order valence-corrected chi connectivity index (χ0v) is 22.0. The summed E-state index contributed by atoms with van der Waals surface area (Å²) in [5.74, 6) is 0.254. The number of hydrogen-bond acceptors (Lipinski definition) is 5. The Labute approximate surface area is 221 Å². The molecule has 2 saturated heterocycles. The first kappa shape index (κ1) is 25.5. The first-order valence-corrected chi connectivity index (χ1v) is 14.9. The molecule has 9 heteroatoms. The zero-order chi connectivity index (χ0) is 25.8. The quantitative estimate of drug-likeness (QED) is 0.466. The number of hydrogen-bond donors (Lipinski definition) is 1. The minimum absolute atomic E-state index is 0.0979. The van der Waals surface area contributed by atoms with E-state index >= 15 is 0 Å². The molecule has 0 unspecified atom stereocenters. The van der Waals surface area contributed by atoms with Crippen molar-refractivity contribution in [2.45, 2.75) is 36.1 Å². The number of sulfonamides is 1. The Morgan fingerprint density at radius 1 is 0.892 bits per heavy atom. The molecule has 2 aliphatic rings. The predicted molar refractivity (Wildman–Crippen MR) is 146 cm³/mol. The molecule has 2 heterocycles. The first-order chi connectivity index (χ1) is 17.9. The highest BCUT2D eigenvalue weighted by Crippen LogP contribution is 2.39. The van der Waals surface area contributed by atoms with Crippen molar-refractivity contribution in [3.8, 4) is 0 Å². The number of nitrogens with zero attached hydrogens (tertiary/aromatic N) is 2. The number of carbonyl (C=O) groups is 2. The van der Waals surface area contributed by atoms with Gasteiger partial charge in [0.1, 0.15) is 5.37 Å². The summed E-state index contributed by atoms with van der Waals surface area (Å²) in [6.45, 7) is 1.64. The molecule has 37 heavy (non-hydrogen) atoms. The Kier molecular flexibility index (Phi) is 7.64. The molecule has 192 valence electrons. The van der Waals surface area contributed by atoms with Crippen LogP contribution in [0.15, 0.2) is 83.8 Å². The fraction of sp³-hybridized carbons (Fsp3) is 0.286. The van der Waals surface area contributed by atoms with E-state index in [1.165, 1.54) is 16.4 Å². The van der Waals surface area contributed by atoms with Gasteiger partial charge in [0.25, 0.3) is 5.91 Å². The van der Waals surface area contributed by atoms with Gasteiger partial charge in [-0.2, -0.15) is 4.31 Å². The van der Waals surface area contributed by atoms with Crippen molar-refractivity contribution < 1.29 is 18.0 Å². The van der Waals surface area contributed by atoms with Crippen molar-refractivity contribution in [2.75, 3.05) is 24.2 Å². The van der Waals surface area contributed by atoms with Crippen LogP contribution in [0.25, 0.3) is 0 Å². The number of rotatable bonds is 7. The lowest BCUT2D eigenvalue weighted by atomic mass is 10.1. The summed E-state index contributed by atoms with van der Waals surface area (Å²) in [5.41, 5.74) is 3.06. The molecule has 3 aromatic carbocycles. The third-order valence-corrected chi connectivity index (χ3v) is 9.86. The van der Waals surface area contributed by atoms with Crippen molar-refractivity contribution in [3.05, 3.63) is 95.6 Å². The normalized spacial score (nSPS) is 18.6. The van der Waals surface area contributed by atoms with Crippen LogP contribution in [0.4, 0.5) is 5.69 Å². The Balaban J connectivity index is 1.23. The monoisotopic (exact) mass is 535 g/mol. The summed E-state index contributed by atoms with van der Waals surface area (Å²) < 4.78 is 27.2. The Bertz CT molecular complexity index is 1350. The van der Waals surface area contributed by atoms with Crippen molar-refractivity contribution in [3.63, 3.8) is 0 Å². The van der Waals surface area contributed by atoms with Crippen LogP contribution in [-0.4, -0.2) is 48.3 Å². The van der Waals surface area contributed by atoms with Crippen LogP contribution >= 0.6 is 11.8 Å². The molecule has 2 aliphatic heterocycles. The van der Waals surface area contributed by atoms with Gasteiger partial charge in [0.15, 0.2) is 0 Å². The second-order valence-corrected chi connectivity index (χ2v) is 12.2. The molecule has 1 N–H and O–H groups in total.